The van der Waals surface area contributed by atoms with Crippen molar-refractivity contribution in [1.82, 2.24) is 4.90 Å². The second-order valence-corrected chi connectivity index (χ2v) is 10.7. The molecule has 0 aliphatic carbocycles. The van der Waals surface area contributed by atoms with E-state index in [0.29, 0.717) is 23.8 Å². The molecule has 2 aromatic heterocycles. The molecule has 1 aliphatic rings. The van der Waals surface area contributed by atoms with Crippen LogP contribution >= 0.6 is 15.9 Å². The van der Waals surface area contributed by atoms with Crippen LogP contribution in [0.4, 0.5) is 5.69 Å². The Morgan fingerprint density at radius 3 is 2.34 bits per heavy atom. The first-order valence-electron chi connectivity index (χ1n) is 13.2. The van der Waals surface area contributed by atoms with Crippen molar-refractivity contribution in [2.24, 2.45) is 0 Å². The summed E-state index contributed by atoms with van der Waals surface area (Å²) >= 11 is 3.43. The minimum absolute atomic E-state index is 0.0218. The van der Waals surface area contributed by atoms with Gasteiger partial charge in [0.2, 0.25) is 11.2 Å². The number of methoxy groups -OCH3 is 2. The first kappa shape index (κ1) is 28.5. The number of benzene rings is 2. The summed E-state index contributed by atoms with van der Waals surface area (Å²) in [6.45, 7) is 3.50. The molecule has 3 heterocycles. The lowest BCUT2D eigenvalue weighted by Crippen LogP contribution is -2.46. The number of rotatable bonds is 9. The third-order valence-electron chi connectivity index (χ3n) is 7.20. The summed E-state index contributed by atoms with van der Waals surface area (Å²) < 4.78 is 23.3. The lowest BCUT2D eigenvalue weighted by atomic mass is 9.98. The van der Waals surface area contributed by atoms with Gasteiger partial charge in [-0.3, -0.25) is 14.5 Å². The number of ether oxygens (including phenoxy) is 2. The van der Waals surface area contributed by atoms with Crippen molar-refractivity contribution in [2.45, 2.75) is 18.9 Å². The Kier molecular flexibility index (Phi) is 8.80. The monoisotopic (exact) mass is 622 g/mol. The maximum Gasteiger partial charge on any atom is 0.306 e. The summed E-state index contributed by atoms with van der Waals surface area (Å²) in [5.41, 5.74) is 1.38. The molecular formula is C31H31BrN2O7. The Hall–Kier alpha value is -4.02. The largest absolute Gasteiger partial charge is 0.502 e. The molecule has 0 amide bonds. The van der Waals surface area contributed by atoms with Crippen molar-refractivity contribution in [2.75, 3.05) is 45.3 Å². The molecule has 0 spiro atoms. The van der Waals surface area contributed by atoms with Gasteiger partial charge in [-0.1, -0.05) is 28.1 Å². The first-order valence-corrected chi connectivity index (χ1v) is 14.0. The number of aromatic hydroxyl groups is 1. The van der Waals surface area contributed by atoms with Crippen molar-refractivity contribution < 1.29 is 28.2 Å². The molecule has 0 bridgehead atoms. The molecule has 9 nitrogen and oxygen atoms in total. The Morgan fingerprint density at radius 2 is 1.68 bits per heavy atom. The lowest BCUT2D eigenvalue weighted by Gasteiger charge is -2.35. The van der Waals surface area contributed by atoms with E-state index in [9.17, 15) is 14.7 Å². The highest BCUT2D eigenvalue weighted by atomic mass is 79.9. The normalized spacial score (nSPS) is 14.6. The molecule has 10 heteroatoms. The van der Waals surface area contributed by atoms with Crippen LogP contribution in [0.1, 0.15) is 29.6 Å². The quantitative estimate of drug-likeness (QED) is 0.246. The van der Waals surface area contributed by atoms with E-state index in [1.807, 2.05) is 48.5 Å². The Labute approximate surface area is 246 Å². The fourth-order valence-electron chi connectivity index (χ4n) is 4.93. The predicted molar refractivity (Wildman–Crippen MR) is 157 cm³/mol. The van der Waals surface area contributed by atoms with Gasteiger partial charge in [-0.05, 0) is 48.5 Å². The standard InChI is InChI=1S/C31H31BrN2O7/c1-38-23-9-7-22(8-10-23)34-15-13-33(14-16-34)19-24-17-26(35)30(37)31(40-24)25(18-29(36)39-2)28-12-11-27(41-28)20-3-5-21(32)6-4-20/h3-12,17,25,37H,13-16,18-19H2,1-2H3/t25-/m0/s1. The molecule has 1 N–H and O–H groups in total. The summed E-state index contributed by atoms with van der Waals surface area (Å²) in [4.78, 5) is 29.7. The molecule has 4 aromatic rings. The van der Waals surface area contributed by atoms with E-state index in [2.05, 4.69) is 25.7 Å². The minimum atomic E-state index is -0.855. The lowest BCUT2D eigenvalue weighted by molar-refractivity contribution is -0.141. The van der Waals surface area contributed by atoms with Gasteiger partial charge in [-0.25, -0.2) is 0 Å². The van der Waals surface area contributed by atoms with E-state index in [-0.39, 0.29) is 12.2 Å². The highest BCUT2D eigenvalue weighted by Crippen LogP contribution is 2.36. The molecular weight excluding hydrogens is 592 g/mol. The SMILES string of the molecule is COC(=O)C[C@@H](c1ccc(-c2ccc(Br)cc2)o1)c1oc(CN2CCN(c3ccc(OC)cc3)CC2)cc(=O)c1O. The van der Waals surface area contributed by atoms with Gasteiger partial charge in [0.1, 0.15) is 23.0 Å². The van der Waals surface area contributed by atoms with Crippen molar-refractivity contribution in [3.8, 4) is 22.8 Å². The molecule has 214 valence electrons. The molecule has 5 rings (SSSR count). The summed E-state index contributed by atoms with van der Waals surface area (Å²) in [6.07, 6.45) is -0.176. The van der Waals surface area contributed by atoms with Crippen LogP contribution in [-0.2, 0) is 16.1 Å². The zero-order valence-corrected chi connectivity index (χ0v) is 24.4. The number of hydrogen-bond acceptors (Lipinski definition) is 9. The highest BCUT2D eigenvalue weighted by molar-refractivity contribution is 9.10. The summed E-state index contributed by atoms with van der Waals surface area (Å²) in [7, 11) is 2.93. The van der Waals surface area contributed by atoms with Crippen molar-refractivity contribution >= 4 is 27.6 Å². The molecule has 0 saturated carbocycles. The van der Waals surface area contributed by atoms with Crippen molar-refractivity contribution in [3.63, 3.8) is 0 Å². The highest BCUT2D eigenvalue weighted by Gasteiger charge is 2.30. The molecule has 1 atom stereocenters. The fourth-order valence-corrected chi connectivity index (χ4v) is 5.19. The number of esters is 1. The number of carbonyl (C=O) groups is 1. The first-order chi connectivity index (χ1) is 19.8. The Balaban J connectivity index is 1.36. The van der Waals surface area contributed by atoms with Crippen LogP contribution in [0.5, 0.6) is 11.5 Å². The topological polar surface area (TPSA) is 106 Å². The molecule has 0 unspecified atom stereocenters. The average Bonchev–Trinajstić information content (AvgIpc) is 3.48. The Bertz CT molecular complexity index is 1540. The van der Waals surface area contributed by atoms with Gasteiger partial charge in [-0.15, -0.1) is 0 Å². The summed E-state index contributed by atoms with van der Waals surface area (Å²) in [5, 5.41) is 10.8. The zero-order valence-electron chi connectivity index (χ0n) is 22.8. The fraction of sp³-hybridized carbons (Fsp3) is 0.290. The van der Waals surface area contributed by atoms with Gasteiger partial charge in [0.05, 0.1) is 33.1 Å². The maximum atomic E-state index is 12.8. The second kappa shape index (κ2) is 12.7. The third kappa shape index (κ3) is 6.66. The van der Waals surface area contributed by atoms with Gasteiger partial charge in [-0.2, -0.15) is 0 Å². The van der Waals surface area contributed by atoms with E-state index in [1.165, 1.54) is 13.2 Å². The van der Waals surface area contributed by atoms with Crippen LogP contribution in [0.3, 0.4) is 0 Å². The molecule has 41 heavy (non-hydrogen) atoms. The smallest absolute Gasteiger partial charge is 0.306 e. The van der Waals surface area contributed by atoms with Crippen LogP contribution in [0.15, 0.2) is 84.8 Å². The molecule has 2 aromatic carbocycles. The third-order valence-corrected chi connectivity index (χ3v) is 7.73. The maximum absolute atomic E-state index is 12.8. The van der Waals surface area contributed by atoms with Crippen LogP contribution < -0.4 is 15.1 Å². The predicted octanol–water partition coefficient (Wildman–Crippen LogP) is 5.39. The van der Waals surface area contributed by atoms with Gasteiger partial charge < -0.3 is 28.3 Å². The van der Waals surface area contributed by atoms with E-state index in [0.717, 1.165) is 47.7 Å². The van der Waals surface area contributed by atoms with Crippen molar-refractivity contribution in [1.29, 1.82) is 0 Å². The number of hydrogen-bond donors (Lipinski definition) is 1. The van der Waals surface area contributed by atoms with Gasteiger partial charge in [0.25, 0.3) is 0 Å². The van der Waals surface area contributed by atoms with Gasteiger partial charge >= 0.3 is 5.97 Å². The second-order valence-electron chi connectivity index (χ2n) is 9.79. The molecule has 1 aliphatic heterocycles. The van der Waals surface area contributed by atoms with Crippen LogP contribution in [0.2, 0.25) is 0 Å². The number of halogens is 1. The number of furan rings is 1. The van der Waals surface area contributed by atoms with Crippen LogP contribution in [0, 0.1) is 0 Å². The average molecular weight is 624 g/mol. The summed E-state index contributed by atoms with van der Waals surface area (Å²) in [6, 6.07) is 20.4. The molecule has 1 saturated heterocycles. The van der Waals surface area contributed by atoms with E-state index < -0.39 is 23.1 Å². The number of anilines is 1. The zero-order chi connectivity index (χ0) is 28.9. The minimum Gasteiger partial charge on any atom is -0.502 e. The van der Waals surface area contributed by atoms with Crippen LogP contribution in [-0.4, -0.2) is 56.4 Å². The van der Waals surface area contributed by atoms with Gasteiger partial charge in [0.15, 0.2) is 5.76 Å². The summed E-state index contributed by atoms with van der Waals surface area (Å²) in [5.74, 6) is 0.211. The molecule has 1 fully saturated rings. The van der Waals surface area contributed by atoms with Crippen molar-refractivity contribution in [3.05, 3.63) is 98.7 Å². The van der Waals surface area contributed by atoms with Gasteiger partial charge in [0, 0.05) is 48.0 Å². The number of nitrogens with zero attached hydrogens (tertiary/aromatic N) is 2. The van der Waals surface area contributed by atoms with E-state index in [4.69, 9.17) is 18.3 Å². The number of carbonyl (C=O) groups excluding carboxylic acids is 1. The number of piperazine rings is 1. The molecule has 0 radical (unpaired) electrons. The van der Waals surface area contributed by atoms with E-state index in [1.54, 1.807) is 19.2 Å². The Morgan fingerprint density at radius 1 is 0.976 bits per heavy atom. The van der Waals surface area contributed by atoms with E-state index >= 15 is 0 Å². The van der Waals surface area contributed by atoms with Crippen LogP contribution in [0.25, 0.3) is 11.3 Å².